The third-order valence-electron chi connectivity index (χ3n) is 4.60. The van der Waals surface area contributed by atoms with Gasteiger partial charge < -0.3 is 20.3 Å². The van der Waals surface area contributed by atoms with Gasteiger partial charge in [0.25, 0.3) is 0 Å². The number of hydrogen-bond donors (Lipinski definition) is 2. The smallest absolute Gasteiger partial charge is 0.243 e. The van der Waals surface area contributed by atoms with Crippen molar-refractivity contribution in [3.05, 3.63) is 22.4 Å². The van der Waals surface area contributed by atoms with Crippen LogP contribution in [-0.2, 0) is 9.53 Å². The molecule has 1 aliphatic heterocycles. The minimum absolute atomic E-state index is 0.0116. The Morgan fingerprint density at radius 3 is 2.75 bits per heavy atom. The zero-order chi connectivity index (χ0) is 20.5. The largest absolute Gasteiger partial charge is 0.376 e. The number of nitrogens with one attached hydrogen (secondary N) is 2. The summed E-state index contributed by atoms with van der Waals surface area (Å²) in [5, 5.41) is 8.94. The van der Waals surface area contributed by atoms with Crippen molar-refractivity contribution in [2.75, 3.05) is 53.4 Å². The lowest BCUT2D eigenvalue weighted by atomic mass is 10.1. The maximum absolute atomic E-state index is 11.9. The lowest BCUT2D eigenvalue weighted by molar-refractivity contribution is -0.127. The quantitative estimate of drug-likeness (QED) is 0.506. The van der Waals surface area contributed by atoms with E-state index in [1.54, 1.807) is 30.3 Å². The summed E-state index contributed by atoms with van der Waals surface area (Å²) in [6, 6.07) is 4.53. The molecule has 1 saturated heterocycles. The summed E-state index contributed by atoms with van der Waals surface area (Å²) in [6.45, 7) is 10.7. The third kappa shape index (κ3) is 7.41. The number of morpholine rings is 1. The van der Waals surface area contributed by atoms with Crippen molar-refractivity contribution in [2.24, 2.45) is 10.9 Å². The maximum Gasteiger partial charge on any atom is 0.243 e. The van der Waals surface area contributed by atoms with E-state index in [0.717, 1.165) is 32.8 Å². The van der Waals surface area contributed by atoms with Crippen LogP contribution in [0.1, 0.15) is 31.7 Å². The van der Waals surface area contributed by atoms with E-state index in [0.29, 0.717) is 11.9 Å². The molecule has 0 aliphatic carbocycles. The Kier molecular flexibility index (Phi) is 9.21. The normalized spacial score (nSPS) is 19.5. The Morgan fingerprint density at radius 1 is 1.39 bits per heavy atom. The number of amides is 1. The molecule has 158 valence electrons. The summed E-state index contributed by atoms with van der Waals surface area (Å²) in [4.78, 5) is 21.8. The third-order valence-corrected chi connectivity index (χ3v) is 5.57. The summed E-state index contributed by atoms with van der Waals surface area (Å²) < 4.78 is 5.72. The monoisotopic (exact) mass is 409 g/mol. The standard InChI is InChI=1S/C20H35N5O2S/c1-15(2)11-21-20(23-13-19(26)24(4)5)22-12-17(18-7-6-10-28-18)25-8-9-27-16(3)14-25/h6-7,10,15-17H,8-9,11-14H2,1-5H3,(H2,21,22,23). The molecule has 1 aliphatic rings. The Morgan fingerprint density at radius 2 is 2.14 bits per heavy atom. The fraction of sp³-hybridized carbons (Fsp3) is 0.700. The van der Waals surface area contributed by atoms with E-state index in [1.807, 2.05) is 0 Å². The SMILES string of the molecule is CC(C)CNC(=NCC(=O)N(C)C)NCC(c1cccs1)N1CCOC(C)C1. The van der Waals surface area contributed by atoms with Crippen LogP contribution >= 0.6 is 11.3 Å². The van der Waals surface area contributed by atoms with Crippen molar-refractivity contribution < 1.29 is 9.53 Å². The van der Waals surface area contributed by atoms with Crippen LogP contribution in [-0.4, -0.2) is 81.2 Å². The summed E-state index contributed by atoms with van der Waals surface area (Å²) >= 11 is 1.77. The number of guanidine groups is 1. The molecular formula is C20H35N5O2S. The molecule has 0 saturated carbocycles. The van der Waals surface area contributed by atoms with Gasteiger partial charge in [0.05, 0.1) is 18.8 Å². The van der Waals surface area contributed by atoms with Crippen molar-refractivity contribution in [1.82, 2.24) is 20.4 Å². The average Bonchev–Trinajstić information content (AvgIpc) is 3.17. The molecule has 2 atom stereocenters. The maximum atomic E-state index is 11.9. The molecule has 8 heteroatoms. The second kappa shape index (κ2) is 11.4. The van der Waals surface area contributed by atoms with Gasteiger partial charge in [0, 0.05) is 45.2 Å². The van der Waals surface area contributed by atoms with Crippen molar-refractivity contribution in [2.45, 2.75) is 32.9 Å². The minimum Gasteiger partial charge on any atom is -0.376 e. The Labute approximate surface area is 173 Å². The second-order valence-corrected chi connectivity index (χ2v) is 8.80. The van der Waals surface area contributed by atoms with Crippen molar-refractivity contribution in [3.63, 3.8) is 0 Å². The molecular weight excluding hydrogens is 374 g/mol. The van der Waals surface area contributed by atoms with E-state index < -0.39 is 0 Å². The lowest BCUT2D eigenvalue weighted by Crippen LogP contribution is -2.48. The highest BCUT2D eigenvalue weighted by molar-refractivity contribution is 7.10. The van der Waals surface area contributed by atoms with E-state index in [4.69, 9.17) is 4.74 Å². The van der Waals surface area contributed by atoms with Gasteiger partial charge in [-0.05, 0) is 24.3 Å². The summed E-state index contributed by atoms with van der Waals surface area (Å²) in [5.41, 5.74) is 0. The van der Waals surface area contributed by atoms with Gasteiger partial charge in [-0.25, -0.2) is 4.99 Å². The number of aliphatic imine (C=N–C) groups is 1. The highest BCUT2D eigenvalue weighted by atomic mass is 32.1. The summed E-state index contributed by atoms with van der Waals surface area (Å²) in [7, 11) is 3.50. The summed E-state index contributed by atoms with van der Waals surface area (Å²) in [5.74, 6) is 1.17. The molecule has 28 heavy (non-hydrogen) atoms. The van der Waals surface area contributed by atoms with Crippen LogP contribution in [0.5, 0.6) is 0 Å². The van der Waals surface area contributed by atoms with Gasteiger partial charge in [0.15, 0.2) is 5.96 Å². The van der Waals surface area contributed by atoms with Crippen LogP contribution < -0.4 is 10.6 Å². The number of hydrogen-bond acceptors (Lipinski definition) is 5. The highest BCUT2D eigenvalue weighted by Crippen LogP contribution is 2.26. The lowest BCUT2D eigenvalue weighted by Gasteiger charge is -2.37. The van der Waals surface area contributed by atoms with E-state index in [-0.39, 0.29) is 24.6 Å². The van der Waals surface area contributed by atoms with Crippen LogP contribution in [0.4, 0.5) is 0 Å². The van der Waals surface area contributed by atoms with Crippen LogP contribution in [0, 0.1) is 5.92 Å². The first-order valence-electron chi connectivity index (χ1n) is 9.98. The average molecular weight is 410 g/mol. The van der Waals surface area contributed by atoms with Crippen LogP contribution in [0.15, 0.2) is 22.5 Å². The van der Waals surface area contributed by atoms with E-state index in [2.05, 4.69) is 58.8 Å². The van der Waals surface area contributed by atoms with Crippen molar-refractivity contribution in [3.8, 4) is 0 Å². The second-order valence-electron chi connectivity index (χ2n) is 7.82. The van der Waals surface area contributed by atoms with E-state index >= 15 is 0 Å². The highest BCUT2D eigenvalue weighted by Gasteiger charge is 2.26. The molecule has 2 N–H and O–H groups in total. The molecule has 0 aromatic carbocycles. The molecule has 0 spiro atoms. The molecule has 7 nitrogen and oxygen atoms in total. The minimum atomic E-state index is -0.0116. The molecule has 0 bridgehead atoms. The number of rotatable bonds is 8. The number of likely N-dealkylation sites (N-methyl/N-ethyl adjacent to an activating group) is 1. The predicted molar refractivity (Wildman–Crippen MR) is 116 cm³/mol. The first-order valence-corrected chi connectivity index (χ1v) is 10.9. The Balaban J connectivity index is 2.06. The molecule has 1 fully saturated rings. The molecule has 1 aromatic heterocycles. The van der Waals surface area contributed by atoms with Gasteiger partial charge in [0.1, 0.15) is 6.54 Å². The molecule has 1 amide bonds. The first kappa shape index (κ1) is 22.6. The molecule has 2 rings (SSSR count). The fourth-order valence-corrected chi connectivity index (χ4v) is 3.84. The topological polar surface area (TPSA) is 69.2 Å². The summed E-state index contributed by atoms with van der Waals surface area (Å²) in [6.07, 6.45) is 0.237. The number of nitrogens with zero attached hydrogens (tertiary/aromatic N) is 3. The van der Waals surface area contributed by atoms with Crippen LogP contribution in [0.2, 0.25) is 0 Å². The van der Waals surface area contributed by atoms with Crippen LogP contribution in [0.25, 0.3) is 0 Å². The molecule has 2 heterocycles. The van der Waals surface area contributed by atoms with Gasteiger partial charge in [0.2, 0.25) is 5.91 Å². The zero-order valence-electron chi connectivity index (χ0n) is 17.8. The van der Waals surface area contributed by atoms with E-state index in [1.165, 1.54) is 4.88 Å². The Hall–Kier alpha value is -1.64. The van der Waals surface area contributed by atoms with Gasteiger partial charge in [-0.1, -0.05) is 19.9 Å². The molecule has 1 aromatic rings. The fourth-order valence-electron chi connectivity index (χ4n) is 2.98. The molecule has 2 unspecified atom stereocenters. The Bertz CT molecular complexity index is 618. The van der Waals surface area contributed by atoms with E-state index in [9.17, 15) is 4.79 Å². The van der Waals surface area contributed by atoms with Crippen LogP contribution in [0.3, 0.4) is 0 Å². The predicted octanol–water partition coefficient (Wildman–Crippen LogP) is 1.79. The zero-order valence-corrected chi connectivity index (χ0v) is 18.6. The number of carbonyl (C=O) groups excluding carboxylic acids is 1. The first-order chi connectivity index (χ1) is 13.4. The van der Waals surface area contributed by atoms with Crippen molar-refractivity contribution in [1.29, 1.82) is 0 Å². The molecule has 0 radical (unpaired) electrons. The number of carbonyl (C=O) groups is 1. The van der Waals surface area contributed by atoms with Gasteiger partial charge in [-0.3, -0.25) is 9.69 Å². The number of thiophene rings is 1. The van der Waals surface area contributed by atoms with Gasteiger partial charge >= 0.3 is 0 Å². The van der Waals surface area contributed by atoms with Crippen molar-refractivity contribution >= 4 is 23.2 Å². The number of ether oxygens (including phenoxy) is 1. The van der Waals surface area contributed by atoms with Gasteiger partial charge in [-0.15, -0.1) is 11.3 Å². The van der Waals surface area contributed by atoms with Gasteiger partial charge in [-0.2, -0.15) is 0 Å².